The van der Waals surface area contributed by atoms with E-state index in [1.54, 1.807) is 24.5 Å². The van der Waals surface area contributed by atoms with Gasteiger partial charge in [-0.3, -0.25) is 19.5 Å². The summed E-state index contributed by atoms with van der Waals surface area (Å²) in [4.78, 5) is 34.7. The molecule has 1 aromatic heterocycles. The number of pyridine rings is 1. The lowest BCUT2D eigenvalue weighted by Gasteiger charge is -2.30. The third-order valence-corrected chi connectivity index (χ3v) is 7.26. The predicted octanol–water partition coefficient (Wildman–Crippen LogP) is 6.01. The molecule has 7 nitrogen and oxygen atoms in total. The molecule has 2 saturated heterocycles. The molecule has 0 aliphatic carbocycles. The van der Waals surface area contributed by atoms with Crippen LogP contribution in [0, 0.1) is 0 Å². The van der Waals surface area contributed by atoms with Crippen LogP contribution < -0.4 is 14.5 Å². The number of rotatable bonds is 5. The molecule has 1 amide bonds. The van der Waals surface area contributed by atoms with E-state index in [4.69, 9.17) is 27.9 Å². The highest BCUT2D eigenvalue weighted by molar-refractivity contribution is 6.52. The van der Waals surface area contributed by atoms with Crippen LogP contribution in [0.25, 0.3) is 5.76 Å². The number of aliphatic hydroxyl groups excluding tert-OH is 1. The first-order chi connectivity index (χ1) is 17.9. The lowest BCUT2D eigenvalue weighted by Crippen LogP contribution is -2.30. The van der Waals surface area contributed by atoms with E-state index in [1.165, 1.54) is 30.6 Å². The molecule has 2 aliphatic heterocycles. The predicted molar refractivity (Wildman–Crippen MR) is 145 cm³/mol. The van der Waals surface area contributed by atoms with Crippen molar-refractivity contribution in [1.82, 2.24) is 4.98 Å². The molecule has 0 bridgehead atoms. The van der Waals surface area contributed by atoms with Crippen molar-refractivity contribution < 1.29 is 19.4 Å². The Bertz CT molecular complexity index is 1370. The Morgan fingerprint density at radius 1 is 1.03 bits per heavy atom. The maximum Gasteiger partial charge on any atom is 0.300 e. The van der Waals surface area contributed by atoms with Crippen molar-refractivity contribution in [3.05, 3.63) is 87.7 Å². The van der Waals surface area contributed by atoms with Crippen molar-refractivity contribution in [2.24, 2.45) is 0 Å². The van der Waals surface area contributed by atoms with Gasteiger partial charge in [0.05, 0.1) is 29.3 Å². The topological polar surface area (TPSA) is 83.0 Å². The van der Waals surface area contributed by atoms with Crippen LogP contribution in [0.2, 0.25) is 10.0 Å². The fraction of sp³-hybridized carbons (Fsp3) is 0.250. The van der Waals surface area contributed by atoms with Crippen molar-refractivity contribution in [3.63, 3.8) is 0 Å². The van der Waals surface area contributed by atoms with Crippen molar-refractivity contribution in [3.8, 4) is 5.75 Å². The minimum Gasteiger partial charge on any atom is -0.507 e. The Balaban J connectivity index is 1.64. The van der Waals surface area contributed by atoms with E-state index >= 15 is 0 Å². The van der Waals surface area contributed by atoms with Gasteiger partial charge < -0.3 is 14.7 Å². The summed E-state index contributed by atoms with van der Waals surface area (Å²) in [6.45, 7) is 1.98. The number of ketones is 1. The quantitative estimate of drug-likeness (QED) is 0.243. The average Bonchev–Trinajstić information content (AvgIpc) is 3.19. The second kappa shape index (κ2) is 10.4. The first-order valence-electron chi connectivity index (χ1n) is 12.0. The first kappa shape index (κ1) is 25.1. The van der Waals surface area contributed by atoms with Gasteiger partial charge in [0.25, 0.3) is 11.7 Å². The minimum absolute atomic E-state index is 0.102. The van der Waals surface area contributed by atoms with Crippen molar-refractivity contribution in [1.29, 1.82) is 0 Å². The molecule has 5 rings (SSSR count). The molecule has 37 heavy (non-hydrogen) atoms. The number of halogens is 2. The van der Waals surface area contributed by atoms with Crippen molar-refractivity contribution in [2.45, 2.75) is 25.3 Å². The molecule has 9 heteroatoms. The fourth-order valence-corrected chi connectivity index (χ4v) is 5.59. The Hall–Kier alpha value is -3.55. The van der Waals surface area contributed by atoms with Gasteiger partial charge in [-0.05, 0) is 67.3 Å². The normalized spacial score (nSPS) is 19.4. The number of nitrogens with zero attached hydrogens (tertiary/aromatic N) is 3. The Morgan fingerprint density at radius 2 is 1.73 bits per heavy atom. The lowest BCUT2D eigenvalue weighted by molar-refractivity contribution is -0.132. The first-order valence-corrected chi connectivity index (χ1v) is 12.8. The number of methoxy groups -OCH3 is 1. The van der Waals surface area contributed by atoms with Crippen LogP contribution in [0.4, 0.5) is 11.4 Å². The number of anilines is 2. The van der Waals surface area contributed by atoms with Gasteiger partial charge in [-0.15, -0.1) is 0 Å². The van der Waals surface area contributed by atoms with Gasteiger partial charge in [0, 0.05) is 41.9 Å². The number of amides is 1. The number of ether oxygens (including phenoxy) is 1. The summed E-state index contributed by atoms with van der Waals surface area (Å²) < 4.78 is 5.39. The molecular formula is C28H25Cl2N3O4. The molecular weight excluding hydrogens is 513 g/mol. The van der Waals surface area contributed by atoms with Crippen molar-refractivity contribution in [2.75, 3.05) is 30.0 Å². The van der Waals surface area contributed by atoms with Gasteiger partial charge in [-0.2, -0.15) is 0 Å². The van der Waals surface area contributed by atoms with E-state index in [2.05, 4.69) is 9.88 Å². The summed E-state index contributed by atoms with van der Waals surface area (Å²) in [6.07, 6.45) is 6.69. The Labute approximate surface area is 224 Å². The fourth-order valence-electron chi connectivity index (χ4n) is 5.02. The maximum atomic E-state index is 13.4. The van der Waals surface area contributed by atoms with Crippen LogP contribution in [-0.4, -0.2) is 42.0 Å². The maximum absolute atomic E-state index is 13.4. The number of carbonyl (C=O) groups is 2. The molecule has 3 heterocycles. The molecule has 0 spiro atoms. The lowest BCUT2D eigenvalue weighted by atomic mass is 9.95. The summed E-state index contributed by atoms with van der Waals surface area (Å²) >= 11 is 12.5. The molecule has 1 unspecified atom stereocenters. The molecule has 2 fully saturated rings. The van der Waals surface area contributed by atoms with Gasteiger partial charge in [0.1, 0.15) is 11.5 Å². The molecule has 1 atom stereocenters. The van der Waals surface area contributed by atoms with Gasteiger partial charge in [0.15, 0.2) is 0 Å². The molecule has 2 aliphatic rings. The summed E-state index contributed by atoms with van der Waals surface area (Å²) in [6, 6.07) is 13.0. The van der Waals surface area contributed by atoms with Crippen LogP contribution in [-0.2, 0) is 9.59 Å². The Kier molecular flexibility index (Phi) is 7.09. The summed E-state index contributed by atoms with van der Waals surface area (Å²) in [5.41, 5.74) is 2.18. The number of aromatic nitrogens is 1. The van der Waals surface area contributed by atoms with Gasteiger partial charge >= 0.3 is 0 Å². The van der Waals surface area contributed by atoms with Gasteiger partial charge in [0.2, 0.25) is 0 Å². The molecule has 190 valence electrons. The van der Waals surface area contributed by atoms with Crippen LogP contribution >= 0.6 is 23.2 Å². The highest BCUT2D eigenvalue weighted by Gasteiger charge is 2.47. The molecule has 0 saturated carbocycles. The second-order valence-electron chi connectivity index (χ2n) is 8.99. The number of aliphatic hydroxyl groups is 1. The average molecular weight is 538 g/mol. The van der Waals surface area contributed by atoms with E-state index < -0.39 is 23.5 Å². The summed E-state index contributed by atoms with van der Waals surface area (Å²) in [5, 5.41) is 11.8. The number of hydrogen-bond acceptors (Lipinski definition) is 6. The largest absolute Gasteiger partial charge is 0.507 e. The zero-order valence-electron chi connectivity index (χ0n) is 20.2. The smallest absolute Gasteiger partial charge is 0.300 e. The zero-order valence-corrected chi connectivity index (χ0v) is 21.7. The summed E-state index contributed by atoms with van der Waals surface area (Å²) in [7, 11) is 1.40. The van der Waals surface area contributed by atoms with Crippen molar-refractivity contribution >= 4 is 52.0 Å². The number of piperidine rings is 1. The number of carbonyl (C=O) groups excluding carboxylic acids is 2. The molecule has 2 aromatic carbocycles. The highest BCUT2D eigenvalue weighted by Crippen LogP contribution is 2.45. The van der Waals surface area contributed by atoms with E-state index in [9.17, 15) is 14.7 Å². The molecule has 1 N–H and O–H groups in total. The zero-order chi connectivity index (χ0) is 26.1. The number of hydrogen-bond donors (Lipinski definition) is 1. The SMILES string of the molecule is COc1c(Cl)cc(Cl)cc1/C(O)=C1\C(=O)C(=O)N(c2ccc(N3CCCCC3)cc2)C1c1cccnc1. The monoisotopic (exact) mass is 537 g/mol. The van der Waals surface area contributed by atoms with Gasteiger partial charge in [-0.1, -0.05) is 29.3 Å². The van der Waals surface area contributed by atoms with E-state index in [0.29, 0.717) is 11.3 Å². The second-order valence-corrected chi connectivity index (χ2v) is 9.83. The Morgan fingerprint density at radius 3 is 2.38 bits per heavy atom. The van der Waals surface area contributed by atoms with Crippen LogP contribution in [0.3, 0.4) is 0 Å². The number of Topliss-reactive ketones (excluding diaryl/α,β-unsaturated/α-hetero) is 1. The summed E-state index contributed by atoms with van der Waals surface area (Å²) in [5.74, 6) is -1.87. The van der Waals surface area contributed by atoms with Gasteiger partial charge in [-0.25, -0.2) is 0 Å². The standard InChI is InChI=1S/C28H25Cl2N3O4/c1-37-27-21(14-18(29)15-22(27)30)25(34)23-24(17-6-5-11-31-16-17)33(28(36)26(23)35)20-9-7-19(8-10-20)32-12-3-2-4-13-32/h5-11,14-16,24,34H,2-4,12-13H2,1H3/b25-23+. The minimum atomic E-state index is -0.919. The van der Waals surface area contributed by atoms with E-state index in [-0.39, 0.29) is 26.9 Å². The third kappa shape index (κ3) is 4.65. The highest BCUT2D eigenvalue weighted by atomic mass is 35.5. The van der Waals surface area contributed by atoms with Crippen LogP contribution in [0.15, 0.2) is 66.5 Å². The molecule has 3 aromatic rings. The van der Waals surface area contributed by atoms with Crippen LogP contribution in [0.5, 0.6) is 5.75 Å². The van der Waals surface area contributed by atoms with E-state index in [0.717, 1.165) is 31.6 Å². The van der Waals surface area contributed by atoms with E-state index in [1.807, 2.05) is 24.3 Å². The van der Waals surface area contributed by atoms with Crippen LogP contribution in [0.1, 0.15) is 36.4 Å². The third-order valence-electron chi connectivity index (χ3n) is 6.76. The molecule has 0 radical (unpaired) electrons. The number of benzene rings is 2.